The highest BCUT2D eigenvalue weighted by atomic mass is 16.5. The fourth-order valence-corrected chi connectivity index (χ4v) is 3.11. The third kappa shape index (κ3) is 3.13. The average molecular weight is 377 g/mol. The number of nitrogens with two attached hydrogens (primary N) is 1. The summed E-state index contributed by atoms with van der Waals surface area (Å²) in [6.07, 6.45) is 0. The van der Waals surface area contributed by atoms with Crippen LogP contribution < -0.4 is 21.3 Å². The number of aromatic nitrogens is 5. The van der Waals surface area contributed by atoms with Crippen molar-refractivity contribution in [1.82, 2.24) is 24.7 Å². The number of aryl methyl sites for hydroxylation is 2. The second-order valence-electron chi connectivity index (χ2n) is 6.33. The molecule has 0 fully saturated rings. The number of rotatable bonds is 4. The van der Waals surface area contributed by atoms with Crippen LogP contribution in [0.5, 0.6) is 5.75 Å². The lowest BCUT2D eigenvalue weighted by atomic mass is 10.2. The van der Waals surface area contributed by atoms with Crippen LogP contribution in [0.25, 0.3) is 16.6 Å². The molecular weight excluding hydrogens is 358 g/mol. The number of nitrogens with one attached hydrogen (secondary N) is 2. The van der Waals surface area contributed by atoms with E-state index in [-0.39, 0.29) is 11.4 Å². The van der Waals surface area contributed by atoms with E-state index >= 15 is 0 Å². The third-order valence-corrected chi connectivity index (χ3v) is 4.24. The molecule has 1 aromatic carbocycles. The molecule has 0 unspecified atom stereocenters. The zero-order chi connectivity index (χ0) is 19.8. The van der Waals surface area contributed by atoms with Gasteiger partial charge in [0.1, 0.15) is 34.4 Å². The quantitative estimate of drug-likeness (QED) is 0.499. The van der Waals surface area contributed by atoms with E-state index in [0.29, 0.717) is 34.1 Å². The van der Waals surface area contributed by atoms with Gasteiger partial charge in [0, 0.05) is 23.9 Å². The molecule has 0 saturated heterocycles. The molecule has 3 heterocycles. The molecule has 0 bridgehead atoms. The second kappa shape index (κ2) is 6.69. The maximum absolute atomic E-state index is 12.4. The number of methoxy groups -OCH3 is 1. The van der Waals surface area contributed by atoms with E-state index < -0.39 is 0 Å². The van der Waals surface area contributed by atoms with E-state index in [1.165, 1.54) is 0 Å². The minimum absolute atomic E-state index is 0.130. The number of pyridine rings is 1. The van der Waals surface area contributed by atoms with Crippen LogP contribution in [-0.4, -0.2) is 31.8 Å². The SMILES string of the molecule is COc1cccc(-n2[nH]c(=O)c3c(N)nc(Nc4cc(C)nc(C)n4)cc32)c1. The summed E-state index contributed by atoms with van der Waals surface area (Å²) in [6.45, 7) is 3.70. The molecule has 0 aliphatic carbocycles. The Hall–Kier alpha value is -3.88. The molecular formula is C19H19N7O2. The summed E-state index contributed by atoms with van der Waals surface area (Å²) in [5.74, 6) is 2.52. The number of H-pyrrole nitrogens is 1. The van der Waals surface area contributed by atoms with Gasteiger partial charge in [-0.2, -0.15) is 0 Å². The summed E-state index contributed by atoms with van der Waals surface area (Å²) in [6, 6.07) is 10.9. The molecule has 0 radical (unpaired) electrons. The lowest BCUT2D eigenvalue weighted by Crippen LogP contribution is -2.05. The summed E-state index contributed by atoms with van der Waals surface area (Å²) in [4.78, 5) is 25.4. The first-order valence-electron chi connectivity index (χ1n) is 8.59. The number of ether oxygens (including phenoxy) is 1. The van der Waals surface area contributed by atoms with E-state index in [1.807, 2.05) is 38.1 Å². The lowest BCUT2D eigenvalue weighted by Gasteiger charge is -2.10. The summed E-state index contributed by atoms with van der Waals surface area (Å²) >= 11 is 0. The second-order valence-corrected chi connectivity index (χ2v) is 6.33. The first kappa shape index (κ1) is 17.5. The highest BCUT2D eigenvalue weighted by Gasteiger charge is 2.15. The fraction of sp³-hybridized carbons (Fsp3) is 0.158. The van der Waals surface area contributed by atoms with E-state index in [0.717, 1.165) is 11.4 Å². The number of fused-ring (bicyclic) bond motifs is 1. The predicted octanol–water partition coefficient (Wildman–Crippen LogP) is 2.46. The predicted molar refractivity (Wildman–Crippen MR) is 107 cm³/mol. The number of aromatic amines is 1. The van der Waals surface area contributed by atoms with Crippen molar-refractivity contribution in [3.63, 3.8) is 0 Å². The van der Waals surface area contributed by atoms with Gasteiger partial charge >= 0.3 is 0 Å². The normalized spacial score (nSPS) is 11.0. The summed E-state index contributed by atoms with van der Waals surface area (Å²) < 4.78 is 6.93. The first-order valence-corrected chi connectivity index (χ1v) is 8.59. The highest BCUT2D eigenvalue weighted by Crippen LogP contribution is 2.25. The first-order chi connectivity index (χ1) is 13.4. The number of hydrogen-bond acceptors (Lipinski definition) is 7. The molecule has 0 atom stereocenters. The summed E-state index contributed by atoms with van der Waals surface area (Å²) in [5.41, 5.74) is 7.92. The minimum atomic E-state index is -0.317. The van der Waals surface area contributed by atoms with Gasteiger partial charge in [0.2, 0.25) is 0 Å². The topological polar surface area (TPSA) is 124 Å². The molecule has 9 heteroatoms. The van der Waals surface area contributed by atoms with Crippen LogP contribution in [0.1, 0.15) is 11.5 Å². The smallest absolute Gasteiger partial charge is 0.276 e. The zero-order valence-corrected chi connectivity index (χ0v) is 15.6. The molecule has 4 rings (SSSR count). The van der Waals surface area contributed by atoms with Gasteiger partial charge in [0.05, 0.1) is 18.3 Å². The van der Waals surface area contributed by atoms with Gasteiger partial charge < -0.3 is 15.8 Å². The average Bonchev–Trinajstić information content (AvgIpc) is 2.98. The minimum Gasteiger partial charge on any atom is -0.497 e. The van der Waals surface area contributed by atoms with Gasteiger partial charge in [0.25, 0.3) is 5.56 Å². The zero-order valence-electron chi connectivity index (χ0n) is 15.6. The van der Waals surface area contributed by atoms with Crippen molar-refractivity contribution >= 4 is 28.4 Å². The number of anilines is 3. The summed E-state index contributed by atoms with van der Waals surface area (Å²) in [7, 11) is 1.59. The van der Waals surface area contributed by atoms with Crippen LogP contribution in [0.4, 0.5) is 17.5 Å². The van der Waals surface area contributed by atoms with Crippen LogP contribution in [0, 0.1) is 13.8 Å². The maximum atomic E-state index is 12.4. The Morgan fingerprint density at radius 1 is 1.11 bits per heavy atom. The maximum Gasteiger partial charge on any atom is 0.276 e. The molecule has 3 aromatic heterocycles. The standard InChI is InChI=1S/C19H19N7O2/c1-10-7-15(22-11(2)21-10)23-16-9-14-17(18(20)24-16)19(27)25-26(14)12-5-4-6-13(8-12)28-3/h4-9H,1-3H3,(H,25,27)(H3,20,21,22,23,24). The van der Waals surface area contributed by atoms with Crippen LogP contribution in [-0.2, 0) is 0 Å². The van der Waals surface area contributed by atoms with Crippen LogP contribution in [0.3, 0.4) is 0 Å². The van der Waals surface area contributed by atoms with Crippen molar-refractivity contribution in [3.05, 3.63) is 58.3 Å². The van der Waals surface area contributed by atoms with Gasteiger partial charge in [-0.15, -0.1) is 0 Å². The number of hydrogen-bond donors (Lipinski definition) is 3. The number of benzene rings is 1. The summed E-state index contributed by atoms with van der Waals surface area (Å²) in [5, 5.41) is 6.26. The highest BCUT2D eigenvalue weighted by molar-refractivity contribution is 5.91. The van der Waals surface area contributed by atoms with E-state index in [2.05, 4.69) is 25.4 Å². The molecule has 4 aromatic rings. The Morgan fingerprint density at radius 2 is 1.89 bits per heavy atom. The van der Waals surface area contributed by atoms with Crippen molar-refractivity contribution in [2.24, 2.45) is 0 Å². The lowest BCUT2D eigenvalue weighted by molar-refractivity contribution is 0.414. The van der Waals surface area contributed by atoms with Crippen LogP contribution in [0.15, 0.2) is 41.2 Å². The molecule has 0 amide bonds. The van der Waals surface area contributed by atoms with Crippen molar-refractivity contribution in [1.29, 1.82) is 0 Å². The number of nitrogens with zero attached hydrogens (tertiary/aromatic N) is 4. The van der Waals surface area contributed by atoms with Gasteiger partial charge in [0.15, 0.2) is 0 Å². The van der Waals surface area contributed by atoms with Crippen molar-refractivity contribution in [2.45, 2.75) is 13.8 Å². The Kier molecular flexibility index (Phi) is 4.19. The van der Waals surface area contributed by atoms with E-state index in [1.54, 1.807) is 23.9 Å². The molecule has 9 nitrogen and oxygen atoms in total. The fourth-order valence-electron chi connectivity index (χ4n) is 3.11. The van der Waals surface area contributed by atoms with Gasteiger partial charge in [-0.25, -0.2) is 15.0 Å². The van der Waals surface area contributed by atoms with E-state index in [9.17, 15) is 4.79 Å². The molecule has 28 heavy (non-hydrogen) atoms. The third-order valence-electron chi connectivity index (χ3n) is 4.24. The Balaban J connectivity index is 1.85. The Bertz CT molecular complexity index is 1220. The Labute approximate surface area is 160 Å². The van der Waals surface area contributed by atoms with Crippen molar-refractivity contribution < 1.29 is 4.74 Å². The monoisotopic (exact) mass is 377 g/mol. The number of nitrogen functional groups attached to an aromatic ring is 1. The van der Waals surface area contributed by atoms with Gasteiger partial charge in [-0.3, -0.25) is 14.6 Å². The van der Waals surface area contributed by atoms with Crippen LogP contribution in [0.2, 0.25) is 0 Å². The van der Waals surface area contributed by atoms with Crippen molar-refractivity contribution in [2.75, 3.05) is 18.2 Å². The Morgan fingerprint density at radius 3 is 2.64 bits per heavy atom. The largest absolute Gasteiger partial charge is 0.497 e. The molecule has 0 saturated carbocycles. The van der Waals surface area contributed by atoms with Gasteiger partial charge in [-0.1, -0.05) is 6.07 Å². The molecule has 0 aliphatic heterocycles. The molecule has 0 spiro atoms. The molecule has 0 aliphatic rings. The van der Waals surface area contributed by atoms with Crippen LogP contribution >= 0.6 is 0 Å². The molecule has 4 N–H and O–H groups in total. The van der Waals surface area contributed by atoms with Crippen molar-refractivity contribution in [3.8, 4) is 11.4 Å². The van der Waals surface area contributed by atoms with Gasteiger partial charge in [-0.05, 0) is 26.0 Å². The van der Waals surface area contributed by atoms with E-state index in [4.69, 9.17) is 10.5 Å². The molecule has 142 valence electrons.